The molecule has 1 aromatic rings. The molecule has 0 radical (unpaired) electrons. The van der Waals surface area contributed by atoms with Gasteiger partial charge in [0.2, 0.25) is 11.8 Å². The molecule has 1 atom stereocenters. The van der Waals surface area contributed by atoms with E-state index in [2.05, 4.69) is 5.32 Å². The maximum absolute atomic E-state index is 12.3. The van der Waals surface area contributed by atoms with Crippen molar-refractivity contribution >= 4 is 17.5 Å². The first kappa shape index (κ1) is 16.0. The molecule has 1 heterocycles. The van der Waals surface area contributed by atoms with Crippen LogP contribution in [0.25, 0.3) is 0 Å². The van der Waals surface area contributed by atoms with Crippen LogP contribution in [-0.4, -0.2) is 29.3 Å². The van der Waals surface area contributed by atoms with Gasteiger partial charge in [-0.1, -0.05) is 12.8 Å². The maximum Gasteiger partial charge on any atom is 0.246 e. The Morgan fingerprint density at radius 2 is 1.91 bits per heavy atom. The number of nitrogens with one attached hydrogen (secondary N) is 1. The lowest BCUT2D eigenvalue weighted by Crippen LogP contribution is -2.46. The Bertz CT molecular complexity index is 575. The number of carbonyl (C=O) groups is 2. The SMILES string of the molecule is CC(C(=O)Nc1ccc(C#N)cc1)N1CCCCCCC1=O. The van der Waals surface area contributed by atoms with E-state index in [1.807, 2.05) is 6.07 Å². The predicted molar refractivity (Wildman–Crippen MR) is 84.0 cm³/mol. The number of hydrogen-bond acceptors (Lipinski definition) is 3. The van der Waals surface area contributed by atoms with Crippen molar-refractivity contribution in [2.75, 3.05) is 11.9 Å². The van der Waals surface area contributed by atoms with E-state index in [9.17, 15) is 9.59 Å². The minimum atomic E-state index is -0.485. The quantitative estimate of drug-likeness (QED) is 0.932. The van der Waals surface area contributed by atoms with Crippen LogP contribution in [0.5, 0.6) is 0 Å². The lowest BCUT2D eigenvalue weighted by molar-refractivity contribution is -0.138. The molecule has 5 nitrogen and oxygen atoms in total. The third-order valence-corrected chi connectivity index (χ3v) is 3.99. The average Bonchev–Trinajstić information content (AvgIpc) is 2.51. The van der Waals surface area contributed by atoms with Crippen LogP contribution < -0.4 is 5.32 Å². The number of nitrogens with zero attached hydrogens (tertiary/aromatic N) is 2. The topological polar surface area (TPSA) is 73.2 Å². The van der Waals surface area contributed by atoms with E-state index in [-0.39, 0.29) is 11.8 Å². The van der Waals surface area contributed by atoms with E-state index in [4.69, 9.17) is 5.26 Å². The molecule has 1 aliphatic heterocycles. The first-order chi connectivity index (χ1) is 10.6. The van der Waals surface area contributed by atoms with Gasteiger partial charge in [-0.05, 0) is 44.0 Å². The highest BCUT2D eigenvalue weighted by molar-refractivity contribution is 5.96. The van der Waals surface area contributed by atoms with Gasteiger partial charge in [0.05, 0.1) is 11.6 Å². The largest absolute Gasteiger partial charge is 0.331 e. The summed E-state index contributed by atoms with van der Waals surface area (Å²) in [5.74, 6) is -0.138. The lowest BCUT2D eigenvalue weighted by Gasteiger charge is -2.30. The highest BCUT2D eigenvalue weighted by Gasteiger charge is 2.26. The van der Waals surface area contributed by atoms with E-state index in [0.717, 1.165) is 25.7 Å². The molecule has 2 rings (SSSR count). The maximum atomic E-state index is 12.3. The van der Waals surface area contributed by atoms with Crippen molar-refractivity contribution in [1.82, 2.24) is 4.90 Å². The molecular weight excluding hydrogens is 278 g/mol. The van der Waals surface area contributed by atoms with Crippen LogP contribution >= 0.6 is 0 Å². The standard InChI is InChI=1S/C17H21N3O2/c1-13(20-11-5-3-2-4-6-16(20)21)17(22)19-15-9-7-14(12-18)8-10-15/h7-10,13H,2-6,11H2,1H3,(H,19,22). The monoisotopic (exact) mass is 299 g/mol. The second-order valence-electron chi connectivity index (χ2n) is 5.61. The summed E-state index contributed by atoms with van der Waals surface area (Å²) in [4.78, 5) is 26.2. The number of anilines is 1. The van der Waals surface area contributed by atoms with Crippen LogP contribution in [0, 0.1) is 11.3 Å². The Morgan fingerprint density at radius 1 is 1.23 bits per heavy atom. The molecule has 1 aromatic carbocycles. The van der Waals surface area contributed by atoms with Gasteiger partial charge < -0.3 is 10.2 Å². The molecule has 0 aromatic heterocycles. The van der Waals surface area contributed by atoms with Crippen molar-refractivity contribution in [3.63, 3.8) is 0 Å². The number of nitriles is 1. The smallest absolute Gasteiger partial charge is 0.246 e. The fourth-order valence-electron chi connectivity index (χ4n) is 2.61. The van der Waals surface area contributed by atoms with Crippen molar-refractivity contribution in [2.24, 2.45) is 0 Å². The molecule has 0 saturated carbocycles. The van der Waals surface area contributed by atoms with Gasteiger partial charge in [0.15, 0.2) is 0 Å². The Hall–Kier alpha value is -2.35. The Kier molecular flexibility index (Phi) is 5.54. The first-order valence-electron chi connectivity index (χ1n) is 7.72. The van der Waals surface area contributed by atoms with Crippen LogP contribution in [0.2, 0.25) is 0 Å². The molecule has 5 heteroatoms. The van der Waals surface area contributed by atoms with E-state index < -0.39 is 6.04 Å². The van der Waals surface area contributed by atoms with Crippen molar-refractivity contribution in [3.8, 4) is 6.07 Å². The second-order valence-corrected chi connectivity index (χ2v) is 5.61. The number of rotatable bonds is 3. The van der Waals surface area contributed by atoms with Gasteiger partial charge in [0.25, 0.3) is 0 Å². The third-order valence-electron chi connectivity index (χ3n) is 3.99. The zero-order chi connectivity index (χ0) is 15.9. The van der Waals surface area contributed by atoms with Crippen molar-refractivity contribution in [1.29, 1.82) is 5.26 Å². The zero-order valence-electron chi connectivity index (χ0n) is 12.8. The molecule has 2 amide bonds. The molecule has 1 fully saturated rings. The number of amides is 2. The van der Waals surface area contributed by atoms with Crippen LogP contribution in [0.15, 0.2) is 24.3 Å². The van der Waals surface area contributed by atoms with Crippen molar-refractivity contribution in [2.45, 2.75) is 45.1 Å². The first-order valence-corrected chi connectivity index (χ1v) is 7.72. The molecule has 116 valence electrons. The summed E-state index contributed by atoms with van der Waals surface area (Å²) in [6, 6.07) is 8.24. The third kappa shape index (κ3) is 4.08. The van der Waals surface area contributed by atoms with E-state index in [0.29, 0.717) is 24.2 Å². The van der Waals surface area contributed by atoms with Crippen LogP contribution in [0.4, 0.5) is 5.69 Å². The van der Waals surface area contributed by atoms with Crippen LogP contribution in [0.1, 0.15) is 44.6 Å². The molecule has 0 spiro atoms. The van der Waals surface area contributed by atoms with Gasteiger partial charge in [-0.2, -0.15) is 5.26 Å². The molecule has 1 unspecified atom stereocenters. The summed E-state index contributed by atoms with van der Waals surface area (Å²) in [6.45, 7) is 2.40. The van der Waals surface area contributed by atoms with Gasteiger partial charge in [0, 0.05) is 18.7 Å². The normalized spacial score (nSPS) is 17.1. The van der Waals surface area contributed by atoms with Crippen molar-refractivity contribution in [3.05, 3.63) is 29.8 Å². The summed E-state index contributed by atoms with van der Waals surface area (Å²) in [7, 11) is 0. The molecular formula is C17H21N3O2. The van der Waals surface area contributed by atoms with Crippen molar-refractivity contribution < 1.29 is 9.59 Å². The minimum Gasteiger partial charge on any atom is -0.331 e. The summed E-state index contributed by atoms with van der Waals surface area (Å²) in [6.07, 6.45) is 4.56. The molecule has 0 bridgehead atoms. The Balaban J connectivity index is 2.00. The highest BCUT2D eigenvalue weighted by Crippen LogP contribution is 2.16. The number of hydrogen-bond donors (Lipinski definition) is 1. The van der Waals surface area contributed by atoms with Crippen LogP contribution in [-0.2, 0) is 9.59 Å². The van der Waals surface area contributed by atoms with Gasteiger partial charge in [-0.3, -0.25) is 9.59 Å². The molecule has 22 heavy (non-hydrogen) atoms. The molecule has 1 saturated heterocycles. The molecule has 1 N–H and O–H groups in total. The minimum absolute atomic E-state index is 0.0576. The van der Waals surface area contributed by atoms with Crippen LogP contribution in [0.3, 0.4) is 0 Å². The number of carbonyl (C=O) groups excluding carboxylic acids is 2. The summed E-state index contributed by atoms with van der Waals surface area (Å²) in [5, 5.41) is 11.6. The highest BCUT2D eigenvalue weighted by atomic mass is 16.2. The van der Waals surface area contributed by atoms with E-state index in [1.54, 1.807) is 36.1 Å². The average molecular weight is 299 g/mol. The Morgan fingerprint density at radius 3 is 2.59 bits per heavy atom. The molecule has 0 aliphatic carbocycles. The summed E-state index contributed by atoms with van der Waals surface area (Å²) in [5.41, 5.74) is 1.18. The van der Waals surface area contributed by atoms with E-state index >= 15 is 0 Å². The van der Waals surface area contributed by atoms with Gasteiger partial charge in [0.1, 0.15) is 6.04 Å². The summed E-state index contributed by atoms with van der Waals surface area (Å²) < 4.78 is 0. The lowest BCUT2D eigenvalue weighted by atomic mass is 10.1. The van der Waals surface area contributed by atoms with E-state index in [1.165, 1.54) is 0 Å². The fourth-order valence-corrected chi connectivity index (χ4v) is 2.61. The Labute approximate surface area is 130 Å². The zero-order valence-corrected chi connectivity index (χ0v) is 12.8. The molecule has 1 aliphatic rings. The van der Waals surface area contributed by atoms with Gasteiger partial charge in [-0.15, -0.1) is 0 Å². The summed E-state index contributed by atoms with van der Waals surface area (Å²) >= 11 is 0. The van der Waals surface area contributed by atoms with Gasteiger partial charge in [-0.25, -0.2) is 0 Å². The van der Waals surface area contributed by atoms with Gasteiger partial charge >= 0.3 is 0 Å². The predicted octanol–water partition coefficient (Wildman–Crippen LogP) is 2.68. The number of benzene rings is 1. The second kappa shape index (κ2) is 7.60. The number of likely N-dealkylation sites (tertiary alicyclic amines) is 1. The fraction of sp³-hybridized carbons (Fsp3) is 0.471.